The highest BCUT2D eigenvalue weighted by Gasteiger charge is 2.24. The molecule has 7 heteroatoms. The van der Waals surface area contributed by atoms with Gasteiger partial charge < -0.3 is 21.3 Å². The van der Waals surface area contributed by atoms with Crippen molar-refractivity contribution in [1.82, 2.24) is 10.2 Å². The van der Waals surface area contributed by atoms with Gasteiger partial charge in [-0.2, -0.15) is 0 Å². The minimum absolute atomic E-state index is 0. The molecule has 2 aromatic carbocycles. The van der Waals surface area contributed by atoms with Gasteiger partial charge in [0.15, 0.2) is 0 Å². The Morgan fingerprint density at radius 1 is 1.00 bits per heavy atom. The molecule has 0 saturated carbocycles. The standard InChI is InChI=1S/C20H24N4O2.ClH/c21-14-15-6-8-16(9-7-15)19(25)24-12-10-18(11-13-24)23-20(26)22-17-4-2-1-3-5-17;/h1-9,18H,10-14,21H2,(H2,22,23,26);1H. The molecule has 2 aromatic rings. The fourth-order valence-corrected chi connectivity index (χ4v) is 3.07. The molecule has 0 bridgehead atoms. The molecule has 1 saturated heterocycles. The molecular weight excluding hydrogens is 364 g/mol. The number of halogens is 1. The summed E-state index contributed by atoms with van der Waals surface area (Å²) in [7, 11) is 0. The summed E-state index contributed by atoms with van der Waals surface area (Å²) < 4.78 is 0. The molecule has 3 rings (SSSR count). The van der Waals surface area contributed by atoms with Crippen LogP contribution in [0.4, 0.5) is 10.5 Å². The summed E-state index contributed by atoms with van der Waals surface area (Å²) in [5.74, 6) is 0.0285. The number of anilines is 1. The van der Waals surface area contributed by atoms with Crippen LogP contribution in [-0.4, -0.2) is 36.0 Å². The molecule has 4 N–H and O–H groups in total. The number of benzene rings is 2. The van der Waals surface area contributed by atoms with E-state index in [1.165, 1.54) is 0 Å². The molecule has 1 aliphatic heterocycles. The van der Waals surface area contributed by atoms with Gasteiger partial charge in [0.25, 0.3) is 5.91 Å². The zero-order chi connectivity index (χ0) is 18.4. The lowest BCUT2D eigenvalue weighted by atomic mass is 10.0. The Morgan fingerprint density at radius 3 is 2.22 bits per heavy atom. The van der Waals surface area contributed by atoms with Gasteiger partial charge in [-0.1, -0.05) is 30.3 Å². The van der Waals surface area contributed by atoms with Gasteiger partial charge >= 0.3 is 6.03 Å². The quantitative estimate of drug-likeness (QED) is 0.752. The van der Waals surface area contributed by atoms with Gasteiger partial charge in [-0.25, -0.2) is 4.79 Å². The SMILES string of the molecule is Cl.NCc1ccc(C(=O)N2CCC(NC(=O)Nc3ccccc3)CC2)cc1. The predicted molar refractivity (Wildman–Crippen MR) is 109 cm³/mol. The first kappa shape index (κ1) is 20.7. The highest BCUT2D eigenvalue weighted by Crippen LogP contribution is 2.15. The smallest absolute Gasteiger partial charge is 0.319 e. The third kappa shape index (κ3) is 5.70. The summed E-state index contributed by atoms with van der Waals surface area (Å²) in [6, 6.07) is 16.6. The van der Waals surface area contributed by atoms with Crippen LogP contribution >= 0.6 is 12.4 Å². The van der Waals surface area contributed by atoms with E-state index in [0.717, 1.165) is 24.1 Å². The largest absolute Gasteiger partial charge is 0.338 e. The molecule has 0 unspecified atom stereocenters. The Kier molecular flexibility index (Phi) is 7.64. The van der Waals surface area contributed by atoms with E-state index in [0.29, 0.717) is 25.2 Å². The van der Waals surface area contributed by atoms with E-state index in [2.05, 4.69) is 10.6 Å². The highest BCUT2D eigenvalue weighted by atomic mass is 35.5. The number of para-hydroxylation sites is 1. The number of amides is 3. The Morgan fingerprint density at radius 2 is 1.63 bits per heavy atom. The number of nitrogens with two attached hydrogens (primary N) is 1. The van der Waals surface area contributed by atoms with Crippen LogP contribution < -0.4 is 16.4 Å². The number of piperidine rings is 1. The van der Waals surface area contributed by atoms with Crippen molar-refractivity contribution in [2.75, 3.05) is 18.4 Å². The third-order valence-electron chi connectivity index (χ3n) is 4.59. The van der Waals surface area contributed by atoms with E-state index >= 15 is 0 Å². The number of carbonyl (C=O) groups excluding carboxylic acids is 2. The van der Waals surface area contributed by atoms with Crippen LogP contribution in [0, 0.1) is 0 Å². The van der Waals surface area contributed by atoms with Crippen LogP contribution in [0.25, 0.3) is 0 Å². The Labute approximate surface area is 165 Å². The van der Waals surface area contributed by atoms with E-state index in [1.807, 2.05) is 59.5 Å². The molecular formula is C20H25ClN4O2. The summed E-state index contributed by atoms with van der Waals surface area (Å²) >= 11 is 0. The number of hydrogen-bond acceptors (Lipinski definition) is 3. The Hall–Kier alpha value is -2.57. The number of nitrogens with zero attached hydrogens (tertiary/aromatic N) is 1. The van der Waals surface area contributed by atoms with Crippen molar-refractivity contribution in [3.05, 3.63) is 65.7 Å². The molecule has 0 aromatic heterocycles. The molecule has 1 heterocycles. The van der Waals surface area contributed by atoms with Gasteiger partial charge in [0, 0.05) is 36.9 Å². The molecule has 0 aliphatic carbocycles. The average molecular weight is 389 g/mol. The molecule has 3 amide bonds. The van der Waals surface area contributed by atoms with Crippen LogP contribution in [0.1, 0.15) is 28.8 Å². The molecule has 1 fully saturated rings. The zero-order valence-corrected chi connectivity index (χ0v) is 15.9. The van der Waals surface area contributed by atoms with Crippen molar-refractivity contribution in [2.45, 2.75) is 25.4 Å². The molecule has 0 radical (unpaired) electrons. The number of likely N-dealkylation sites (tertiary alicyclic amines) is 1. The van der Waals surface area contributed by atoms with Crippen molar-refractivity contribution in [3.8, 4) is 0 Å². The summed E-state index contributed by atoms with van der Waals surface area (Å²) in [5.41, 5.74) is 8.03. The molecule has 0 atom stereocenters. The van der Waals surface area contributed by atoms with Gasteiger partial charge in [-0.05, 0) is 42.7 Å². The second kappa shape index (κ2) is 9.94. The molecule has 6 nitrogen and oxygen atoms in total. The second-order valence-electron chi connectivity index (χ2n) is 6.43. The molecule has 0 spiro atoms. The van der Waals surface area contributed by atoms with Crippen LogP contribution in [0.15, 0.2) is 54.6 Å². The second-order valence-corrected chi connectivity index (χ2v) is 6.43. The first-order chi connectivity index (χ1) is 12.7. The zero-order valence-electron chi connectivity index (χ0n) is 15.1. The van der Waals surface area contributed by atoms with E-state index < -0.39 is 0 Å². The maximum atomic E-state index is 12.6. The fraction of sp³-hybridized carbons (Fsp3) is 0.300. The average Bonchev–Trinajstić information content (AvgIpc) is 2.69. The van der Waals surface area contributed by atoms with Gasteiger partial charge in [0.05, 0.1) is 0 Å². The molecule has 27 heavy (non-hydrogen) atoms. The molecule has 144 valence electrons. The van der Waals surface area contributed by atoms with Gasteiger partial charge in [-0.15, -0.1) is 12.4 Å². The highest BCUT2D eigenvalue weighted by molar-refractivity contribution is 5.94. The third-order valence-corrected chi connectivity index (χ3v) is 4.59. The number of nitrogens with one attached hydrogen (secondary N) is 2. The summed E-state index contributed by atoms with van der Waals surface area (Å²) in [6.07, 6.45) is 1.49. The number of carbonyl (C=O) groups is 2. The fourth-order valence-electron chi connectivity index (χ4n) is 3.07. The maximum Gasteiger partial charge on any atom is 0.319 e. The first-order valence-electron chi connectivity index (χ1n) is 8.86. The van der Waals surface area contributed by atoms with Crippen molar-refractivity contribution >= 4 is 30.0 Å². The van der Waals surface area contributed by atoms with E-state index in [1.54, 1.807) is 0 Å². The van der Waals surface area contributed by atoms with Crippen LogP contribution in [0.3, 0.4) is 0 Å². The van der Waals surface area contributed by atoms with Crippen LogP contribution in [-0.2, 0) is 6.54 Å². The number of rotatable bonds is 4. The normalized spacial score (nSPS) is 14.2. The predicted octanol–water partition coefficient (Wildman–Crippen LogP) is 2.99. The van der Waals surface area contributed by atoms with E-state index in [4.69, 9.17) is 5.73 Å². The first-order valence-corrected chi connectivity index (χ1v) is 8.86. The monoisotopic (exact) mass is 388 g/mol. The Bertz CT molecular complexity index is 744. The van der Waals surface area contributed by atoms with Crippen LogP contribution in [0.5, 0.6) is 0 Å². The van der Waals surface area contributed by atoms with Crippen molar-refractivity contribution in [2.24, 2.45) is 5.73 Å². The van der Waals surface area contributed by atoms with Crippen LogP contribution in [0.2, 0.25) is 0 Å². The lowest BCUT2D eigenvalue weighted by Gasteiger charge is -2.32. The number of hydrogen-bond donors (Lipinski definition) is 3. The topological polar surface area (TPSA) is 87.5 Å². The lowest BCUT2D eigenvalue weighted by molar-refractivity contribution is 0.0709. The maximum absolute atomic E-state index is 12.6. The summed E-state index contributed by atoms with van der Waals surface area (Å²) in [5, 5.41) is 5.80. The van der Waals surface area contributed by atoms with E-state index in [9.17, 15) is 9.59 Å². The van der Waals surface area contributed by atoms with Crippen molar-refractivity contribution in [1.29, 1.82) is 0 Å². The van der Waals surface area contributed by atoms with Gasteiger partial charge in [0.1, 0.15) is 0 Å². The van der Waals surface area contributed by atoms with Crippen molar-refractivity contribution < 1.29 is 9.59 Å². The minimum Gasteiger partial charge on any atom is -0.338 e. The lowest BCUT2D eigenvalue weighted by Crippen LogP contribution is -2.47. The minimum atomic E-state index is -0.210. The van der Waals surface area contributed by atoms with Crippen molar-refractivity contribution in [3.63, 3.8) is 0 Å². The number of urea groups is 1. The Balaban J connectivity index is 0.00000261. The summed E-state index contributed by atoms with van der Waals surface area (Å²) in [6.45, 7) is 1.73. The summed E-state index contributed by atoms with van der Waals surface area (Å²) in [4.78, 5) is 26.5. The van der Waals surface area contributed by atoms with Gasteiger partial charge in [-0.3, -0.25) is 4.79 Å². The van der Waals surface area contributed by atoms with E-state index in [-0.39, 0.29) is 30.4 Å². The van der Waals surface area contributed by atoms with Gasteiger partial charge in [0.2, 0.25) is 0 Å². The molecule has 1 aliphatic rings.